The summed E-state index contributed by atoms with van der Waals surface area (Å²) >= 11 is 0. The van der Waals surface area contributed by atoms with Crippen molar-refractivity contribution in [3.05, 3.63) is 60.0 Å². The van der Waals surface area contributed by atoms with Gasteiger partial charge >= 0.3 is 0 Å². The molecule has 2 aromatic heterocycles. The Bertz CT molecular complexity index is 862. The van der Waals surface area contributed by atoms with Crippen molar-refractivity contribution < 1.29 is 14.1 Å². The van der Waals surface area contributed by atoms with Gasteiger partial charge in [0.2, 0.25) is 11.8 Å². The van der Waals surface area contributed by atoms with Crippen molar-refractivity contribution in [2.75, 3.05) is 5.32 Å². The zero-order valence-electron chi connectivity index (χ0n) is 14.0. The van der Waals surface area contributed by atoms with Crippen molar-refractivity contribution in [1.29, 1.82) is 0 Å². The van der Waals surface area contributed by atoms with Gasteiger partial charge in [0.15, 0.2) is 5.82 Å². The molecular weight excluding hydrogens is 320 g/mol. The number of anilines is 1. The van der Waals surface area contributed by atoms with Crippen LogP contribution in [-0.4, -0.2) is 21.0 Å². The predicted octanol–water partition coefficient (Wildman–Crippen LogP) is 3.45. The van der Waals surface area contributed by atoms with Crippen molar-refractivity contribution in [2.24, 2.45) is 0 Å². The highest BCUT2D eigenvalue weighted by Crippen LogP contribution is 2.27. The van der Waals surface area contributed by atoms with E-state index in [0.717, 1.165) is 11.3 Å². The predicted molar refractivity (Wildman–Crippen MR) is 91.5 cm³/mol. The van der Waals surface area contributed by atoms with Gasteiger partial charge < -0.3 is 14.6 Å². The third-order valence-electron chi connectivity index (χ3n) is 3.47. The molecule has 3 aromatic rings. The van der Waals surface area contributed by atoms with Crippen LogP contribution in [-0.2, 0) is 11.2 Å². The van der Waals surface area contributed by atoms with Crippen molar-refractivity contribution in [3.63, 3.8) is 0 Å². The first-order valence-electron chi connectivity index (χ1n) is 7.88. The molecule has 0 aliphatic heterocycles. The first kappa shape index (κ1) is 16.6. The minimum Gasteiger partial charge on any atom is -0.457 e. The molecule has 25 heavy (non-hydrogen) atoms. The van der Waals surface area contributed by atoms with E-state index >= 15 is 0 Å². The average molecular weight is 338 g/mol. The van der Waals surface area contributed by atoms with Crippen LogP contribution in [0, 0.1) is 13.8 Å². The van der Waals surface area contributed by atoms with Gasteiger partial charge in [-0.05, 0) is 49.7 Å². The van der Waals surface area contributed by atoms with E-state index in [1.807, 2.05) is 19.1 Å². The number of hydrogen-bond donors (Lipinski definition) is 1. The fraction of sp³-hybridized carbons (Fsp3) is 0.222. The number of nitrogens with zero attached hydrogens (tertiary/aromatic N) is 3. The number of aryl methyl sites for hydroxylation is 3. The van der Waals surface area contributed by atoms with Gasteiger partial charge in [0, 0.05) is 30.9 Å². The summed E-state index contributed by atoms with van der Waals surface area (Å²) in [6.45, 7) is 3.67. The number of pyridine rings is 1. The van der Waals surface area contributed by atoms with Gasteiger partial charge in [-0.3, -0.25) is 9.78 Å². The zero-order chi connectivity index (χ0) is 17.6. The van der Waals surface area contributed by atoms with Crippen molar-refractivity contribution in [3.8, 4) is 11.5 Å². The number of ether oxygens (including phenoxy) is 1. The van der Waals surface area contributed by atoms with Crippen molar-refractivity contribution >= 4 is 11.6 Å². The molecule has 1 amide bonds. The summed E-state index contributed by atoms with van der Waals surface area (Å²) in [5.41, 5.74) is 1.63. The SMILES string of the molecule is Cc1noc(CCC(=O)Nc2ccc(Oc3ccncc3)c(C)c2)n1. The summed E-state index contributed by atoms with van der Waals surface area (Å²) in [6, 6.07) is 9.07. The van der Waals surface area contributed by atoms with Crippen LogP contribution < -0.4 is 10.1 Å². The fourth-order valence-electron chi connectivity index (χ4n) is 2.26. The Kier molecular flexibility index (Phi) is 5.03. The number of hydrogen-bond acceptors (Lipinski definition) is 6. The molecule has 0 saturated carbocycles. The van der Waals surface area contributed by atoms with Crippen LogP contribution >= 0.6 is 0 Å². The summed E-state index contributed by atoms with van der Waals surface area (Å²) in [4.78, 5) is 20.1. The number of benzene rings is 1. The van der Waals surface area contributed by atoms with Crippen LogP contribution in [0.5, 0.6) is 11.5 Å². The number of aromatic nitrogens is 3. The second-order valence-electron chi connectivity index (χ2n) is 5.55. The molecule has 2 heterocycles. The fourth-order valence-corrected chi connectivity index (χ4v) is 2.26. The highest BCUT2D eigenvalue weighted by atomic mass is 16.5. The molecule has 0 fully saturated rings. The minimum atomic E-state index is -0.113. The minimum absolute atomic E-state index is 0.113. The zero-order valence-corrected chi connectivity index (χ0v) is 14.0. The van der Waals surface area contributed by atoms with Crippen LogP contribution in [0.25, 0.3) is 0 Å². The Morgan fingerprint density at radius 2 is 2.00 bits per heavy atom. The lowest BCUT2D eigenvalue weighted by Gasteiger charge is -2.11. The van der Waals surface area contributed by atoms with E-state index in [2.05, 4.69) is 20.4 Å². The Balaban J connectivity index is 1.57. The van der Waals surface area contributed by atoms with E-state index in [1.165, 1.54) is 0 Å². The average Bonchev–Trinajstić information content (AvgIpc) is 3.02. The van der Waals surface area contributed by atoms with E-state index in [0.29, 0.717) is 29.6 Å². The maximum atomic E-state index is 12.0. The van der Waals surface area contributed by atoms with E-state index in [1.54, 1.807) is 37.5 Å². The number of nitrogens with one attached hydrogen (secondary N) is 1. The van der Waals surface area contributed by atoms with Crippen LogP contribution in [0.4, 0.5) is 5.69 Å². The van der Waals surface area contributed by atoms with Crippen molar-refractivity contribution in [1.82, 2.24) is 15.1 Å². The molecule has 1 N–H and O–H groups in total. The highest BCUT2D eigenvalue weighted by Gasteiger charge is 2.09. The maximum absolute atomic E-state index is 12.0. The maximum Gasteiger partial charge on any atom is 0.227 e. The molecule has 1 aromatic carbocycles. The quantitative estimate of drug-likeness (QED) is 0.740. The van der Waals surface area contributed by atoms with Gasteiger partial charge in [0.1, 0.15) is 11.5 Å². The highest BCUT2D eigenvalue weighted by molar-refractivity contribution is 5.91. The molecule has 0 aliphatic carbocycles. The molecule has 0 saturated heterocycles. The third-order valence-corrected chi connectivity index (χ3v) is 3.47. The molecule has 0 unspecified atom stereocenters. The number of carbonyl (C=O) groups is 1. The molecule has 0 aliphatic rings. The van der Waals surface area contributed by atoms with E-state index in [-0.39, 0.29) is 12.3 Å². The second kappa shape index (κ2) is 7.57. The summed E-state index contributed by atoms with van der Waals surface area (Å²) < 4.78 is 10.8. The smallest absolute Gasteiger partial charge is 0.227 e. The lowest BCUT2D eigenvalue weighted by atomic mass is 10.2. The summed E-state index contributed by atoms with van der Waals surface area (Å²) in [6.07, 6.45) is 4.03. The Labute approximate surface area is 145 Å². The molecule has 7 heteroatoms. The Morgan fingerprint density at radius 1 is 1.20 bits per heavy atom. The van der Waals surface area contributed by atoms with E-state index < -0.39 is 0 Å². The molecule has 0 atom stereocenters. The third kappa shape index (κ3) is 4.63. The number of amides is 1. The van der Waals surface area contributed by atoms with Gasteiger partial charge in [0.05, 0.1) is 0 Å². The monoisotopic (exact) mass is 338 g/mol. The molecule has 7 nitrogen and oxygen atoms in total. The molecule has 0 spiro atoms. The van der Waals surface area contributed by atoms with E-state index in [4.69, 9.17) is 9.26 Å². The summed E-state index contributed by atoms with van der Waals surface area (Å²) in [5, 5.41) is 6.56. The molecule has 128 valence electrons. The van der Waals surface area contributed by atoms with Gasteiger partial charge in [-0.25, -0.2) is 0 Å². The largest absolute Gasteiger partial charge is 0.457 e. The van der Waals surface area contributed by atoms with E-state index in [9.17, 15) is 4.79 Å². The molecular formula is C18H18N4O3. The Morgan fingerprint density at radius 3 is 2.68 bits per heavy atom. The summed E-state index contributed by atoms with van der Waals surface area (Å²) in [7, 11) is 0. The second-order valence-corrected chi connectivity index (χ2v) is 5.55. The van der Waals surface area contributed by atoms with Crippen LogP contribution in [0.1, 0.15) is 23.7 Å². The van der Waals surface area contributed by atoms with Gasteiger partial charge in [0.25, 0.3) is 0 Å². The van der Waals surface area contributed by atoms with Crippen LogP contribution in [0.2, 0.25) is 0 Å². The van der Waals surface area contributed by atoms with Gasteiger partial charge in [-0.1, -0.05) is 5.16 Å². The summed E-state index contributed by atoms with van der Waals surface area (Å²) in [5.74, 6) is 2.36. The molecule has 3 rings (SSSR count). The van der Waals surface area contributed by atoms with Gasteiger partial charge in [-0.15, -0.1) is 0 Å². The van der Waals surface area contributed by atoms with Crippen molar-refractivity contribution in [2.45, 2.75) is 26.7 Å². The number of rotatable bonds is 6. The Hall–Kier alpha value is -3.22. The molecule has 0 radical (unpaired) electrons. The normalized spacial score (nSPS) is 10.5. The lowest BCUT2D eigenvalue weighted by molar-refractivity contribution is -0.116. The first-order chi connectivity index (χ1) is 12.1. The standard InChI is InChI=1S/C18H18N4O3/c1-12-11-14(3-4-16(12)24-15-7-9-19-10-8-15)21-17(23)5-6-18-20-13(2)22-25-18/h3-4,7-11H,5-6H2,1-2H3,(H,21,23). The lowest BCUT2D eigenvalue weighted by Crippen LogP contribution is -2.12. The van der Waals surface area contributed by atoms with Crippen LogP contribution in [0.15, 0.2) is 47.2 Å². The topological polar surface area (TPSA) is 90.1 Å². The van der Waals surface area contributed by atoms with Crippen LogP contribution in [0.3, 0.4) is 0 Å². The molecule has 0 bridgehead atoms. The first-order valence-corrected chi connectivity index (χ1v) is 7.88. The van der Waals surface area contributed by atoms with Gasteiger partial charge in [-0.2, -0.15) is 4.98 Å². The number of carbonyl (C=O) groups excluding carboxylic acids is 1.